The molecule has 0 radical (unpaired) electrons. The van der Waals surface area contributed by atoms with Crippen LogP contribution in [-0.2, 0) is 23.0 Å². The van der Waals surface area contributed by atoms with Gasteiger partial charge in [0.2, 0.25) is 10.0 Å². The first kappa shape index (κ1) is 17.4. The van der Waals surface area contributed by atoms with Crippen molar-refractivity contribution in [2.45, 2.75) is 25.9 Å². The van der Waals surface area contributed by atoms with Crippen LogP contribution < -0.4 is 9.62 Å². The predicted octanol–water partition coefficient (Wildman–Crippen LogP) is 2.47. The quantitative estimate of drug-likeness (QED) is 0.909. The zero-order valence-corrected chi connectivity index (χ0v) is 14.8. The third-order valence-corrected chi connectivity index (χ3v) is 5.52. The van der Waals surface area contributed by atoms with E-state index in [9.17, 15) is 17.6 Å². The highest BCUT2D eigenvalue weighted by molar-refractivity contribution is 7.92. The first-order valence-corrected chi connectivity index (χ1v) is 9.76. The molecule has 2 aromatic carbocycles. The van der Waals surface area contributed by atoms with E-state index in [2.05, 4.69) is 5.32 Å². The number of carbonyl (C=O) groups excluding carboxylic acids is 1. The summed E-state index contributed by atoms with van der Waals surface area (Å²) in [5.41, 5.74) is 2.27. The number of rotatable bonds is 4. The van der Waals surface area contributed by atoms with Crippen molar-refractivity contribution in [1.82, 2.24) is 5.32 Å². The molecule has 1 aliphatic heterocycles. The Labute approximate surface area is 146 Å². The molecular formula is C18H19FN2O3S. The second-order valence-corrected chi connectivity index (χ2v) is 8.09. The molecule has 5 nitrogen and oxygen atoms in total. The molecule has 0 bridgehead atoms. The fourth-order valence-corrected chi connectivity index (χ4v) is 4.43. The molecule has 132 valence electrons. The van der Waals surface area contributed by atoms with Crippen molar-refractivity contribution in [1.29, 1.82) is 0 Å². The molecule has 1 aliphatic rings. The Morgan fingerprint density at radius 2 is 2.00 bits per heavy atom. The summed E-state index contributed by atoms with van der Waals surface area (Å²) in [4.78, 5) is 12.3. The van der Waals surface area contributed by atoms with Crippen molar-refractivity contribution in [3.8, 4) is 0 Å². The Balaban J connectivity index is 1.78. The highest BCUT2D eigenvalue weighted by Gasteiger charge is 2.32. The Hall–Kier alpha value is -2.41. The van der Waals surface area contributed by atoms with Gasteiger partial charge in [0.15, 0.2) is 0 Å². The summed E-state index contributed by atoms with van der Waals surface area (Å²) in [6, 6.07) is 11.0. The number of nitrogens with zero attached hydrogens (tertiary/aromatic N) is 1. The van der Waals surface area contributed by atoms with Gasteiger partial charge in [0.1, 0.15) is 5.82 Å². The van der Waals surface area contributed by atoms with Crippen LogP contribution in [0.4, 0.5) is 10.1 Å². The molecule has 25 heavy (non-hydrogen) atoms. The van der Waals surface area contributed by atoms with Crippen molar-refractivity contribution in [3.63, 3.8) is 0 Å². The standard InChI is InChI=1S/C18H19FN2O3S/c1-12-9-15-10-13(7-8-17(15)21(12)25(2,23)24)18(22)20-11-14-5-3-4-6-16(14)19/h3-8,10,12H,9,11H2,1-2H3,(H,20,22). The zero-order chi connectivity index (χ0) is 18.2. The van der Waals surface area contributed by atoms with E-state index in [1.807, 2.05) is 6.92 Å². The molecule has 1 heterocycles. The van der Waals surface area contributed by atoms with E-state index in [1.165, 1.54) is 16.6 Å². The van der Waals surface area contributed by atoms with E-state index in [4.69, 9.17) is 0 Å². The summed E-state index contributed by atoms with van der Waals surface area (Å²) >= 11 is 0. The number of benzene rings is 2. The van der Waals surface area contributed by atoms with Crippen LogP contribution in [0.15, 0.2) is 42.5 Å². The van der Waals surface area contributed by atoms with Gasteiger partial charge in [0.25, 0.3) is 5.91 Å². The fraction of sp³-hybridized carbons (Fsp3) is 0.278. The van der Waals surface area contributed by atoms with E-state index in [0.717, 1.165) is 5.56 Å². The lowest BCUT2D eigenvalue weighted by molar-refractivity contribution is 0.0950. The van der Waals surface area contributed by atoms with Gasteiger partial charge in [-0.05, 0) is 43.2 Å². The Morgan fingerprint density at radius 1 is 1.28 bits per heavy atom. The predicted molar refractivity (Wildman–Crippen MR) is 94.5 cm³/mol. The van der Waals surface area contributed by atoms with Crippen LogP contribution in [0.3, 0.4) is 0 Å². The summed E-state index contributed by atoms with van der Waals surface area (Å²) in [6.45, 7) is 1.92. The second kappa shape index (κ2) is 6.48. The minimum Gasteiger partial charge on any atom is -0.348 e. The number of amides is 1. The van der Waals surface area contributed by atoms with Crippen LogP contribution >= 0.6 is 0 Å². The third-order valence-electron chi connectivity index (χ3n) is 4.25. The SMILES string of the molecule is CC1Cc2cc(C(=O)NCc3ccccc3F)ccc2N1S(C)(=O)=O. The number of hydrogen-bond acceptors (Lipinski definition) is 3. The molecule has 0 spiro atoms. The number of carbonyl (C=O) groups is 1. The Bertz CT molecular complexity index is 928. The molecule has 7 heteroatoms. The minimum absolute atomic E-state index is 0.0917. The number of hydrogen-bond donors (Lipinski definition) is 1. The smallest absolute Gasteiger partial charge is 0.251 e. The summed E-state index contributed by atoms with van der Waals surface area (Å²) in [7, 11) is -3.36. The summed E-state index contributed by atoms with van der Waals surface area (Å²) in [5.74, 6) is -0.689. The van der Waals surface area contributed by atoms with Crippen LogP contribution in [0.5, 0.6) is 0 Å². The largest absolute Gasteiger partial charge is 0.348 e. The van der Waals surface area contributed by atoms with Crippen LogP contribution in [0.1, 0.15) is 28.4 Å². The van der Waals surface area contributed by atoms with Crippen molar-refractivity contribution < 1.29 is 17.6 Å². The van der Waals surface area contributed by atoms with Crippen LogP contribution in [0, 0.1) is 5.82 Å². The lowest BCUT2D eigenvalue weighted by Gasteiger charge is -2.21. The average molecular weight is 362 g/mol. The van der Waals surface area contributed by atoms with Crippen LogP contribution in [0.2, 0.25) is 0 Å². The van der Waals surface area contributed by atoms with Crippen LogP contribution in [-0.4, -0.2) is 26.6 Å². The molecule has 1 N–H and O–H groups in total. The lowest BCUT2D eigenvalue weighted by Crippen LogP contribution is -2.34. The maximum Gasteiger partial charge on any atom is 0.251 e. The van der Waals surface area contributed by atoms with Gasteiger partial charge in [-0.25, -0.2) is 12.8 Å². The van der Waals surface area contributed by atoms with Gasteiger partial charge in [-0.1, -0.05) is 18.2 Å². The molecule has 2 aromatic rings. The number of nitrogens with one attached hydrogen (secondary N) is 1. The van der Waals surface area contributed by atoms with Crippen LogP contribution in [0.25, 0.3) is 0 Å². The molecule has 0 saturated carbocycles. The van der Waals surface area contributed by atoms with Gasteiger partial charge in [0, 0.05) is 23.7 Å². The molecule has 0 aliphatic carbocycles. The Morgan fingerprint density at radius 3 is 2.68 bits per heavy atom. The maximum absolute atomic E-state index is 13.6. The number of sulfonamides is 1. The van der Waals surface area contributed by atoms with Gasteiger partial charge < -0.3 is 5.32 Å². The molecular weight excluding hydrogens is 343 g/mol. The van der Waals surface area contributed by atoms with Crippen molar-refractivity contribution in [2.24, 2.45) is 0 Å². The molecule has 1 unspecified atom stereocenters. The van der Waals surface area contributed by atoms with E-state index in [-0.39, 0.29) is 24.3 Å². The minimum atomic E-state index is -3.36. The van der Waals surface area contributed by atoms with E-state index >= 15 is 0 Å². The highest BCUT2D eigenvalue weighted by atomic mass is 32.2. The monoisotopic (exact) mass is 362 g/mol. The fourth-order valence-electron chi connectivity index (χ4n) is 3.17. The topological polar surface area (TPSA) is 66.5 Å². The Kier molecular flexibility index (Phi) is 4.51. The first-order chi connectivity index (χ1) is 11.8. The number of anilines is 1. The highest BCUT2D eigenvalue weighted by Crippen LogP contribution is 2.34. The molecule has 1 amide bonds. The maximum atomic E-state index is 13.6. The van der Waals surface area contributed by atoms with Gasteiger partial charge >= 0.3 is 0 Å². The number of fused-ring (bicyclic) bond motifs is 1. The van der Waals surface area contributed by atoms with Gasteiger partial charge in [0.05, 0.1) is 11.9 Å². The second-order valence-electron chi connectivity index (χ2n) is 6.23. The third kappa shape index (κ3) is 3.51. The normalized spacial score (nSPS) is 16.6. The molecule has 0 saturated heterocycles. The molecule has 1 atom stereocenters. The van der Waals surface area contributed by atoms with E-state index in [0.29, 0.717) is 23.2 Å². The van der Waals surface area contributed by atoms with Crippen molar-refractivity contribution >= 4 is 21.6 Å². The average Bonchev–Trinajstić information content (AvgIpc) is 2.88. The molecule has 3 rings (SSSR count). The van der Waals surface area contributed by atoms with Gasteiger partial charge in [-0.2, -0.15) is 0 Å². The van der Waals surface area contributed by atoms with E-state index in [1.54, 1.807) is 36.4 Å². The summed E-state index contributed by atoms with van der Waals surface area (Å²) < 4.78 is 38.8. The van der Waals surface area contributed by atoms with Gasteiger partial charge in [-0.3, -0.25) is 9.10 Å². The van der Waals surface area contributed by atoms with Gasteiger partial charge in [-0.15, -0.1) is 0 Å². The molecule has 0 fully saturated rings. The summed E-state index contributed by atoms with van der Waals surface area (Å²) in [6.07, 6.45) is 1.73. The lowest BCUT2D eigenvalue weighted by atomic mass is 10.1. The van der Waals surface area contributed by atoms with Crippen molar-refractivity contribution in [3.05, 3.63) is 65.0 Å². The zero-order valence-electron chi connectivity index (χ0n) is 14.0. The summed E-state index contributed by atoms with van der Waals surface area (Å²) in [5, 5.41) is 2.69. The van der Waals surface area contributed by atoms with Crippen molar-refractivity contribution in [2.75, 3.05) is 10.6 Å². The first-order valence-electron chi connectivity index (χ1n) is 7.91. The number of halogens is 1. The van der Waals surface area contributed by atoms with E-state index < -0.39 is 10.0 Å². The molecule has 0 aromatic heterocycles.